The highest BCUT2D eigenvalue weighted by Gasteiger charge is 2.21. The van der Waals surface area contributed by atoms with E-state index >= 15 is 0 Å². The minimum atomic E-state index is -0.124. The largest absolute Gasteiger partial charge is 0.369 e. The maximum absolute atomic E-state index is 10.9. The van der Waals surface area contributed by atoms with Crippen molar-refractivity contribution >= 4 is 5.91 Å². The van der Waals surface area contributed by atoms with E-state index < -0.39 is 0 Å². The number of nitrogens with one attached hydrogen (secondary N) is 2. The highest BCUT2D eigenvalue weighted by molar-refractivity contribution is 5.78. The maximum Gasteiger partial charge on any atom is 0.246 e. The number of aromatic amines is 1. The van der Waals surface area contributed by atoms with Gasteiger partial charge in [-0.25, -0.2) is 4.98 Å². The van der Waals surface area contributed by atoms with E-state index in [1.807, 2.05) is 0 Å². The first kappa shape index (κ1) is 7.30. The van der Waals surface area contributed by atoms with Crippen molar-refractivity contribution in [2.24, 2.45) is 0 Å². The molecule has 1 aliphatic rings. The van der Waals surface area contributed by atoms with E-state index in [1.54, 1.807) is 12.4 Å². The molecule has 2 heterocycles. The van der Waals surface area contributed by atoms with Crippen LogP contribution in [0.3, 0.4) is 0 Å². The summed E-state index contributed by atoms with van der Waals surface area (Å²) >= 11 is 0. The maximum atomic E-state index is 10.9. The van der Waals surface area contributed by atoms with E-state index in [9.17, 15) is 4.79 Å². The van der Waals surface area contributed by atoms with Crippen molar-refractivity contribution < 1.29 is 9.53 Å². The van der Waals surface area contributed by atoms with Crippen LogP contribution in [0, 0.1) is 0 Å². The molecule has 1 fully saturated rings. The summed E-state index contributed by atoms with van der Waals surface area (Å²) in [4.78, 5) is 17.8. The Morgan fingerprint density at radius 2 is 2.58 bits per heavy atom. The van der Waals surface area contributed by atoms with Crippen LogP contribution in [0.2, 0.25) is 0 Å². The lowest BCUT2D eigenvalue weighted by molar-refractivity contribution is -0.131. The van der Waals surface area contributed by atoms with Crippen LogP contribution in [0.15, 0.2) is 12.4 Å². The van der Waals surface area contributed by atoms with Gasteiger partial charge in [0.1, 0.15) is 18.5 Å². The zero-order valence-electron chi connectivity index (χ0n) is 6.41. The summed E-state index contributed by atoms with van der Waals surface area (Å²) < 4.78 is 5.05. The van der Waals surface area contributed by atoms with Crippen LogP contribution in [-0.4, -0.2) is 29.1 Å². The number of aromatic nitrogens is 2. The summed E-state index contributed by atoms with van der Waals surface area (Å²) in [6.45, 7) is 0.635. The third-order valence-corrected chi connectivity index (χ3v) is 1.70. The Morgan fingerprint density at radius 1 is 1.67 bits per heavy atom. The summed E-state index contributed by atoms with van der Waals surface area (Å²) in [5.41, 5.74) is 0. The number of carbonyl (C=O) groups is 1. The van der Waals surface area contributed by atoms with Gasteiger partial charge in [-0.2, -0.15) is 0 Å². The number of amides is 1. The molecular weight excluding hydrogens is 158 g/mol. The van der Waals surface area contributed by atoms with Gasteiger partial charge in [-0.3, -0.25) is 4.79 Å². The van der Waals surface area contributed by atoms with E-state index in [0.29, 0.717) is 6.61 Å². The smallest absolute Gasteiger partial charge is 0.246 e. The third-order valence-electron chi connectivity index (χ3n) is 1.70. The molecule has 0 aliphatic carbocycles. The monoisotopic (exact) mass is 167 g/mol. The Kier molecular flexibility index (Phi) is 1.79. The number of rotatable bonds is 1. The van der Waals surface area contributed by atoms with E-state index in [2.05, 4.69) is 15.3 Å². The standard InChI is InChI=1S/C7H9N3O2/c11-6-4-12-3-5(10-6)7-8-1-2-9-7/h1-2,5H,3-4H2,(H,8,9)(H,10,11)/t5-/m1/s1. The number of ether oxygens (including phenoxy) is 1. The lowest BCUT2D eigenvalue weighted by atomic mass is 10.2. The minimum absolute atomic E-state index is 0.0948. The predicted molar refractivity (Wildman–Crippen MR) is 40.3 cm³/mol. The quantitative estimate of drug-likeness (QED) is 0.598. The van der Waals surface area contributed by atoms with Gasteiger partial charge in [0.2, 0.25) is 5.91 Å². The van der Waals surface area contributed by atoms with Crippen LogP contribution in [0.5, 0.6) is 0 Å². The molecule has 0 unspecified atom stereocenters. The fourth-order valence-electron chi connectivity index (χ4n) is 1.16. The molecule has 1 saturated heterocycles. The number of hydrogen-bond donors (Lipinski definition) is 2. The Labute approximate surface area is 69.1 Å². The molecule has 1 amide bonds. The SMILES string of the molecule is O=C1COC[C@H](c2ncc[nH]2)N1. The highest BCUT2D eigenvalue weighted by atomic mass is 16.5. The average molecular weight is 167 g/mol. The first-order valence-electron chi connectivity index (χ1n) is 3.72. The van der Waals surface area contributed by atoms with Crippen molar-refractivity contribution in [3.63, 3.8) is 0 Å². The summed E-state index contributed by atoms with van der Waals surface area (Å²) in [6.07, 6.45) is 3.37. The number of nitrogens with zero attached hydrogens (tertiary/aromatic N) is 1. The van der Waals surface area contributed by atoms with Crippen LogP contribution in [0.1, 0.15) is 11.9 Å². The van der Waals surface area contributed by atoms with Gasteiger partial charge in [-0.05, 0) is 0 Å². The Bertz CT molecular complexity index is 270. The molecule has 0 aromatic carbocycles. The summed E-state index contributed by atoms with van der Waals surface area (Å²) in [6, 6.07) is -0.124. The van der Waals surface area contributed by atoms with Crippen molar-refractivity contribution in [1.82, 2.24) is 15.3 Å². The third kappa shape index (κ3) is 1.31. The van der Waals surface area contributed by atoms with Gasteiger partial charge in [0.25, 0.3) is 0 Å². The fourth-order valence-corrected chi connectivity index (χ4v) is 1.16. The topological polar surface area (TPSA) is 67.0 Å². The molecule has 12 heavy (non-hydrogen) atoms. The zero-order valence-corrected chi connectivity index (χ0v) is 6.41. The van der Waals surface area contributed by atoms with Gasteiger partial charge in [0.15, 0.2) is 0 Å². The van der Waals surface area contributed by atoms with Crippen LogP contribution in [0.25, 0.3) is 0 Å². The molecule has 5 nitrogen and oxygen atoms in total. The molecule has 2 N–H and O–H groups in total. The molecule has 0 radical (unpaired) electrons. The van der Waals surface area contributed by atoms with Crippen LogP contribution in [-0.2, 0) is 9.53 Å². The Morgan fingerprint density at radius 3 is 3.25 bits per heavy atom. The molecule has 0 spiro atoms. The molecule has 64 valence electrons. The summed E-state index contributed by atoms with van der Waals surface area (Å²) in [7, 11) is 0. The normalized spacial score (nSPS) is 23.7. The Balaban J connectivity index is 2.09. The molecule has 0 bridgehead atoms. The van der Waals surface area contributed by atoms with Gasteiger partial charge in [-0.1, -0.05) is 0 Å². The van der Waals surface area contributed by atoms with E-state index in [-0.39, 0.29) is 18.6 Å². The number of hydrogen-bond acceptors (Lipinski definition) is 3. The van der Waals surface area contributed by atoms with Crippen molar-refractivity contribution in [3.05, 3.63) is 18.2 Å². The number of H-pyrrole nitrogens is 1. The van der Waals surface area contributed by atoms with Crippen molar-refractivity contribution in [2.75, 3.05) is 13.2 Å². The Hall–Kier alpha value is -1.36. The zero-order chi connectivity index (χ0) is 8.39. The molecule has 0 saturated carbocycles. The highest BCUT2D eigenvalue weighted by Crippen LogP contribution is 2.10. The van der Waals surface area contributed by atoms with Crippen molar-refractivity contribution in [3.8, 4) is 0 Å². The first-order chi connectivity index (χ1) is 5.86. The molecule has 1 aromatic rings. The minimum Gasteiger partial charge on any atom is -0.369 e. The van der Waals surface area contributed by atoms with Crippen LogP contribution in [0.4, 0.5) is 0 Å². The number of morpholine rings is 1. The van der Waals surface area contributed by atoms with Gasteiger partial charge >= 0.3 is 0 Å². The van der Waals surface area contributed by atoms with Gasteiger partial charge in [0, 0.05) is 12.4 Å². The van der Waals surface area contributed by atoms with Gasteiger partial charge in [0.05, 0.1) is 6.61 Å². The van der Waals surface area contributed by atoms with Crippen molar-refractivity contribution in [1.29, 1.82) is 0 Å². The summed E-state index contributed by atoms with van der Waals surface area (Å²) in [5, 5.41) is 2.76. The van der Waals surface area contributed by atoms with Gasteiger partial charge in [-0.15, -0.1) is 0 Å². The van der Waals surface area contributed by atoms with E-state index in [1.165, 1.54) is 0 Å². The second-order valence-corrected chi connectivity index (χ2v) is 2.61. The lowest BCUT2D eigenvalue weighted by Gasteiger charge is -2.21. The van der Waals surface area contributed by atoms with Crippen molar-refractivity contribution in [2.45, 2.75) is 6.04 Å². The summed E-state index contributed by atoms with van der Waals surface area (Å²) in [5.74, 6) is 0.644. The second kappa shape index (κ2) is 2.94. The average Bonchev–Trinajstić information content (AvgIpc) is 2.56. The molecule has 1 aromatic heterocycles. The predicted octanol–water partition coefficient (Wildman–Crippen LogP) is -0.403. The first-order valence-corrected chi connectivity index (χ1v) is 3.72. The van der Waals surface area contributed by atoms with Gasteiger partial charge < -0.3 is 15.0 Å². The number of carbonyl (C=O) groups excluding carboxylic acids is 1. The molecule has 1 atom stereocenters. The van der Waals surface area contributed by atoms with Crippen LogP contribution < -0.4 is 5.32 Å². The number of imidazole rings is 1. The lowest BCUT2D eigenvalue weighted by Crippen LogP contribution is -2.40. The molecule has 2 rings (SSSR count). The molecule has 1 aliphatic heterocycles. The van der Waals surface area contributed by atoms with E-state index in [0.717, 1.165) is 5.82 Å². The van der Waals surface area contributed by atoms with E-state index in [4.69, 9.17) is 4.74 Å². The fraction of sp³-hybridized carbons (Fsp3) is 0.429. The molecular formula is C7H9N3O2. The second-order valence-electron chi connectivity index (χ2n) is 2.61. The molecule has 5 heteroatoms. The van der Waals surface area contributed by atoms with Crippen LogP contribution >= 0.6 is 0 Å².